The Morgan fingerprint density at radius 2 is 1.24 bits per heavy atom. The van der Waals surface area contributed by atoms with Gasteiger partial charge >= 0.3 is 0 Å². The van der Waals surface area contributed by atoms with Crippen LogP contribution in [0.2, 0.25) is 0 Å². The number of fused-ring (bicyclic) bond motifs is 1. The number of ether oxygens (including phenoxy) is 2. The highest BCUT2D eigenvalue weighted by Gasteiger charge is 2.08. The first-order valence-electron chi connectivity index (χ1n) is 11.2. The van der Waals surface area contributed by atoms with Gasteiger partial charge in [0.2, 0.25) is 0 Å². The highest BCUT2D eigenvalue weighted by molar-refractivity contribution is 5.99. The van der Waals surface area contributed by atoms with Crippen LogP contribution in [-0.4, -0.2) is 24.9 Å². The molecule has 4 rings (SSSR count). The van der Waals surface area contributed by atoms with E-state index in [1.807, 2.05) is 54.6 Å². The maximum Gasteiger partial charge on any atom is 0.135 e. The van der Waals surface area contributed by atoms with Crippen LogP contribution in [0.4, 0.5) is 0 Å². The highest BCUT2D eigenvalue weighted by atomic mass is 16.5. The molecule has 0 atom stereocenters. The van der Waals surface area contributed by atoms with Crippen LogP contribution < -0.4 is 20.9 Å². The third-order valence-corrected chi connectivity index (χ3v) is 5.46. The second-order valence-corrected chi connectivity index (χ2v) is 8.00. The molecule has 0 amide bonds. The van der Waals surface area contributed by atoms with Gasteiger partial charge in [0.1, 0.15) is 34.5 Å². The Labute approximate surface area is 198 Å². The lowest BCUT2D eigenvalue weighted by Gasteiger charge is -2.08. The van der Waals surface area contributed by atoms with Gasteiger partial charge in [-0.15, -0.1) is 0 Å². The summed E-state index contributed by atoms with van der Waals surface area (Å²) in [5.41, 5.74) is 14.1. The first kappa shape index (κ1) is 22.9. The fourth-order valence-electron chi connectivity index (χ4n) is 3.56. The first-order chi connectivity index (χ1) is 16.5. The molecule has 1 heterocycles. The van der Waals surface area contributed by atoms with E-state index in [9.17, 15) is 0 Å². The SMILES string of the molecule is N=C(N)c1ccc(OCCCCCOc2ccc(-c3cc4cc(C(=N)N)ccc4o3)cc2)cc1. The summed E-state index contributed by atoms with van der Waals surface area (Å²) < 4.78 is 17.5. The minimum atomic E-state index is 0.0409. The molecule has 0 spiro atoms. The van der Waals surface area contributed by atoms with Gasteiger partial charge in [0, 0.05) is 22.1 Å². The maximum atomic E-state index is 7.58. The monoisotopic (exact) mass is 456 g/mol. The van der Waals surface area contributed by atoms with Crippen molar-refractivity contribution in [1.29, 1.82) is 10.8 Å². The van der Waals surface area contributed by atoms with Crippen LogP contribution in [0.15, 0.2) is 77.2 Å². The average molecular weight is 457 g/mol. The topological polar surface area (TPSA) is 131 Å². The fourth-order valence-corrected chi connectivity index (χ4v) is 3.56. The first-order valence-corrected chi connectivity index (χ1v) is 11.2. The van der Waals surface area contributed by atoms with E-state index in [0.717, 1.165) is 53.1 Å². The van der Waals surface area contributed by atoms with E-state index in [1.54, 1.807) is 18.2 Å². The molecule has 7 nitrogen and oxygen atoms in total. The summed E-state index contributed by atoms with van der Waals surface area (Å²) in [5.74, 6) is 2.46. The lowest BCUT2D eigenvalue weighted by molar-refractivity contribution is 0.279. The number of nitrogen functional groups attached to an aromatic ring is 2. The summed E-state index contributed by atoms with van der Waals surface area (Å²) in [5, 5.41) is 15.9. The van der Waals surface area contributed by atoms with Crippen molar-refractivity contribution in [2.75, 3.05) is 13.2 Å². The van der Waals surface area contributed by atoms with Gasteiger partial charge in [-0.25, -0.2) is 0 Å². The number of benzene rings is 3. The molecule has 0 bridgehead atoms. The lowest BCUT2D eigenvalue weighted by atomic mass is 10.1. The summed E-state index contributed by atoms with van der Waals surface area (Å²) >= 11 is 0. The number of nitrogens with one attached hydrogen (secondary N) is 2. The molecule has 7 heteroatoms. The van der Waals surface area contributed by atoms with Gasteiger partial charge in [-0.05, 0) is 92.1 Å². The molecule has 3 aromatic carbocycles. The molecule has 0 fully saturated rings. The fraction of sp³-hybridized carbons (Fsp3) is 0.185. The molecule has 0 radical (unpaired) electrons. The number of furan rings is 1. The number of amidine groups is 2. The van der Waals surface area contributed by atoms with Crippen LogP contribution in [0.3, 0.4) is 0 Å². The second-order valence-electron chi connectivity index (χ2n) is 8.00. The summed E-state index contributed by atoms with van der Waals surface area (Å²) in [4.78, 5) is 0. The third-order valence-electron chi connectivity index (χ3n) is 5.46. The molecule has 1 aromatic heterocycles. The minimum Gasteiger partial charge on any atom is -0.494 e. The summed E-state index contributed by atoms with van der Waals surface area (Å²) in [7, 11) is 0. The number of hydrogen-bond acceptors (Lipinski definition) is 5. The molecule has 0 aliphatic carbocycles. The Kier molecular flexibility index (Phi) is 7.13. The average Bonchev–Trinajstić information content (AvgIpc) is 3.27. The smallest absolute Gasteiger partial charge is 0.135 e. The molecule has 0 saturated carbocycles. The van der Waals surface area contributed by atoms with Crippen LogP contribution in [0.1, 0.15) is 30.4 Å². The Morgan fingerprint density at radius 1 is 0.676 bits per heavy atom. The summed E-state index contributed by atoms with van der Waals surface area (Å²) in [6.07, 6.45) is 2.88. The van der Waals surface area contributed by atoms with Gasteiger partial charge in [-0.3, -0.25) is 10.8 Å². The Balaban J connectivity index is 1.19. The van der Waals surface area contributed by atoms with Crippen molar-refractivity contribution in [3.63, 3.8) is 0 Å². The molecule has 0 aliphatic heterocycles. The molecular formula is C27H28N4O3. The van der Waals surface area contributed by atoms with E-state index >= 15 is 0 Å². The lowest BCUT2D eigenvalue weighted by Crippen LogP contribution is -2.10. The van der Waals surface area contributed by atoms with Crippen molar-refractivity contribution in [3.05, 3.63) is 83.9 Å². The molecule has 0 unspecified atom stereocenters. The van der Waals surface area contributed by atoms with E-state index < -0.39 is 0 Å². The number of nitrogens with two attached hydrogens (primary N) is 2. The minimum absolute atomic E-state index is 0.0409. The number of unbranched alkanes of at least 4 members (excludes halogenated alkanes) is 2. The largest absolute Gasteiger partial charge is 0.494 e. The molecule has 174 valence electrons. The van der Waals surface area contributed by atoms with Crippen molar-refractivity contribution < 1.29 is 13.9 Å². The molecule has 6 N–H and O–H groups in total. The quantitative estimate of drug-likeness (QED) is 0.138. The molecule has 4 aromatic rings. The molecule has 0 saturated heterocycles. The zero-order valence-corrected chi connectivity index (χ0v) is 18.8. The maximum absolute atomic E-state index is 7.58. The van der Waals surface area contributed by atoms with Crippen LogP contribution >= 0.6 is 0 Å². The van der Waals surface area contributed by atoms with Crippen molar-refractivity contribution in [2.45, 2.75) is 19.3 Å². The second kappa shape index (κ2) is 10.6. The van der Waals surface area contributed by atoms with Crippen LogP contribution in [0.5, 0.6) is 11.5 Å². The van der Waals surface area contributed by atoms with Gasteiger partial charge in [0.15, 0.2) is 0 Å². The van der Waals surface area contributed by atoms with Crippen LogP contribution in [-0.2, 0) is 0 Å². The summed E-state index contributed by atoms with van der Waals surface area (Å²) in [6, 6.07) is 22.5. The van der Waals surface area contributed by atoms with E-state index in [2.05, 4.69) is 0 Å². The predicted octanol–water partition coefficient (Wildman–Crippen LogP) is 5.30. The van der Waals surface area contributed by atoms with Crippen LogP contribution in [0, 0.1) is 10.8 Å². The van der Waals surface area contributed by atoms with Crippen molar-refractivity contribution >= 4 is 22.6 Å². The van der Waals surface area contributed by atoms with Gasteiger partial charge in [0.05, 0.1) is 13.2 Å². The van der Waals surface area contributed by atoms with Crippen molar-refractivity contribution in [1.82, 2.24) is 0 Å². The van der Waals surface area contributed by atoms with Crippen LogP contribution in [0.25, 0.3) is 22.3 Å². The van der Waals surface area contributed by atoms with E-state index in [0.29, 0.717) is 24.3 Å². The Morgan fingerprint density at radius 3 is 1.82 bits per heavy atom. The highest BCUT2D eigenvalue weighted by Crippen LogP contribution is 2.29. The summed E-state index contributed by atoms with van der Waals surface area (Å²) in [6.45, 7) is 1.28. The van der Waals surface area contributed by atoms with E-state index in [4.69, 9.17) is 36.2 Å². The standard InChI is InChI=1S/C27H28N4O3/c28-26(29)19-6-11-23(12-7-19)33-15-3-1-2-14-32-22-9-4-18(5-10-22)25-17-21-16-20(27(30)31)8-13-24(21)34-25/h4-13,16-17H,1-3,14-15H2,(H3,28,29)(H3,30,31). The normalized spacial score (nSPS) is 10.8. The Bertz CT molecular complexity index is 1280. The third kappa shape index (κ3) is 5.75. The van der Waals surface area contributed by atoms with Gasteiger partial charge < -0.3 is 25.4 Å². The molecule has 34 heavy (non-hydrogen) atoms. The predicted molar refractivity (Wildman–Crippen MR) is 135 cm³/mol. The van der Waals surface area contributed by atoms with Crippen molar-refractivity contribution in [3.8, 4) is 22.8 Å². The zero-order chi connectivity index (χ0) is 23.9. The van der Waals surface area contributed by atoms with Crippen molar-refractivity contribution in [2.24, 2.45) is 11.5 Å². The number of rotatable bonds is 11. The van der Waals surface area contributed by atoms with Gasteiger partial charge in [-0.1, -0.05) is 0 Å². The zero-order valence-electron chi connectivity index (χ0n) is 18.8. The van der Waals surface area contributed by atoms with Gasteiger partial charge in [0.25, 0.3) is 0 Å². The Hall–Kier alpha value is -4.26. The van der Waals surface area contributed by atoms with Gasteiger partial charge in [-0.2, -0.15) is 0 Å². The molecule has 0 aliphatic rings. The number of hydrogen-bond donors (Lipinski definition) is 4. The van der Waals surface area contributed by atoms with E-state index in [-0.39, 0.29) is 11.7 Å². The van der Waals surface area contributed by atoms with E-state index in [1.165, 1.54) is 0 Å². The molecular weight excluding hydrogens is 428 g/mol.